The van der Waals surface area contributed by atoms with E-state index in [4.69, 9.17) is 4.74 Å². The zero-order valence-electron chi connectivity index (χ0n) is 19.0. The zero-order valence-corrected chi connectivity index (χ0v) is 19.8. The van der Waals surface area contributed by atoms with Crippen LogP contribution in [0.25, 0.3) is 0 Å². The van der Waals surface area contributed by atoms with E-state index < -0.39 is 15.9 Å². The number of carbonyl (C=O) groups is 2. The summed E-state index contributed by atoms with van der Waals surface area (Å²) in [5.74, 6) is -0.594. The molecule has 2 aromatic rings. The lowest BCUT2D eigenvalue weighted by molar-refractivity contribution is -0.130. The average molecular weight is 462 g/mol. The van der Waals surface area contributed by atoms with Gasteiger partial charge in [0.05, 0.1) is 24.1 Å². The van der Waals surface area contributed by atoms with E-state index in [9.17, 15) is 18.0 Å². The largest absolute Gasteiger partial charge is 0.496 e. The lowest BCUT2D eigenvalue weighted by atomic mass is 10.2. The van der Waals surface area contributed by atoms with Crippen LogP contribution in [0.4, 0.5) is 0 Å². The molecule has 2 rings (SSSR count). The molecule has 0 fully saturated rings. The molecule has 0 bridgehead atoms. The predicted molar refractivity (Wildman–Crippen MR) is 123 cm³/mol. The van der Waals surface area contributed by atoms with E-state index in [0.717, 1.165) is 5.56 Å². The highest BCUT2D eigenvalue weighted by Crippen LogP contribution is 2.24. The Labute approximate surface area is 190 Å². The number of methoxy groups -OCH3 is 1. The third-order valence-corrected chi connectivity index (χ3v) is 7.16. The van der Waals surface area contributed by atoms with E-state index in [1.807, 2.05) is 37.3 Å². The van der Waals surface area contributed by atoms with Crippen molar-refractivity contribution in [2.75, 3.05) is 33.3 Å². The summed E-state index contributed by atoms with van der Waals surface area (Å²) in [4.78, 5) is 27.1. The van der Waals surface area contributed by atoms with Crippen molar-refractivity contribution in [2.45, 2.75) is 32.2 Å². The van der Waals surface area contributed by atoms with Gasteiger partial charge in [-0.3, -0.25) is 9.59 Å². The van der Waals surface area contributed by atoms with Crippen LogP contribution < -0.4 is 10.1 Å². The number of likely N-dealkylation sites (N-methyl/N-ethyl adjacent to an activating group) is 1. The molecule has 0 aromatic heterocycles. The van der Waals surface area contributed by atoms with Gasteiger partial charge in [0.15, 0.2) is 0 Å². The van der Waals surface area contributed by atoms with Gasteiger partial charge >= 0.3 is 0 Å². The van der Waals surface area contributed by atoms with Gasteiger partial charge in [-0.05, 0) is 30.7 Å². The van der Waals surface area contributed by atoms with Crippen LogP contribution in [-0.4, -0.2) is 62.7 Å². The summed E-state index contributed by atoms with van der Waals surface area (Å²) in [6.45, 7) is 6.71. The molecule has 32 heavy (non-hydrogen) atoms. The molecule has 0 unspecified atom stereocenters. The highest BCUT2D eigenvalue weighted by atomic mass is 32.2. The first-order valence-electron chi connectivity index (χ1n) is 10.6. The van der Waals surface area contributed by atoms with Crippen molar-refractivity contribution in [1.82, 2.24) is 14.5 Å². The van der Waals surface area contributed by atoms with Gasteiger partial charge in [0.1, 0.15) is 5.75 Å². The Morgan fingerprint density at radius 1 is 0.969 bits per heavy atom. The minimum atomic E-state index is -3.74. The number of rotatable bonds is 11. The standard InChI is InChI=1S/C23H31N3O5S/c1-5-25(17-18-11-9-8-10-12-18)22(27)16-24-23(28)20-15-19(13-14-21(20)31-4)32(29,30)26(6-2)7-3/h8-15H,5-7,16-17H2,1-4H3,(H,24,28). The molecule has 0 radical (unpaired) electrons. The van der Waals surface area contributed by atoms with E-state index in [0.29, 0.717) is 26.2 Å². The van der Waals surface area contributed by atoms with Gasteiger partial charge in [-0.2, -0.15) is 4.31 Å². The number of ether oxygens (including phenoxy) is 1. The predicted octanol–water partition coefficient (Wildman–Crippen LogP) is 2.50. The van der Waals surface area contributed by atoms with Gasteiger partial charge in [-0.25, -0.2) is 8.42 Å². The number of amides is 2. The second kappa shape index (κ2) is 11.6. The van der Waals surface area contributed by atoms with Crippen LogP contribution in [0.2, 0.25) is 0 Å². The van der Waals surface area contributed by atoms with Crippen LogP contribution in [0, 0.1) is 0 Å². The van der Waals surface area contributed by atoms with E-state index in [1.54, 1.807) is 18.7 Å². The maximum Gasteiger partial charge on any atom is 0.255 e. The summed E-state index contributed by atoms with van der Waals surface area (Å²) in [6.07, 6.45) is 0. The second-order valence-electron chi connectivity index (χ2n) is 7.03. The van der Waals surface area contributed by atoms with Crippen LogP contribution >= 0.6 is 0 Å². The first-order chi connectivity index (χ1) is 15.3. The van der Waals surface area contributed by atoms with E-state index in [-0.39, 0.29) is 28.7 Å². The minimum absolute atomic E-state index is 0.00209. The number of nitrogens with zero attached hydrogens (tertiary/aromatic N) is 2. The van der Waals surface area contributed by atoms with Gasteiger partial charge in [0, 0.05) is 26.2 Å². The lowest BCUT2D eigenvalue weighted by Gasteiger charge is -2.22. The number of hydrogen-bond donors (Lipinski definition) is 1. The molecule has 0 atom stereocenters. The topological polar surface area (TPSA) is 96.0 Å². The Morgan fingerprint density at radius 3 is 2.19 bits per heavy atom. The first-order valence-corrected chi connectivity index (χ1v) is 12.0. The number of benzene rings is 2. The van der Waals surface area contributed by atoms with Crippen molar-refractivity contribution >= 4 is 21.8 Å². The fourth-order valence-corrected chi connectivity index (χ4v) is 4.77. The molecule has 0 aliphatic rings. The molecule has 0 aliphatic heterocycles. The molecule has 0 heterocycles. The highest BCUT2D eigenvalue weighted by molar-refractivity contribution is 7.89. The summed E-state index contributed by atoms with van der Waals surface area (Å²) in [7, 11) is -2.35. The van der Waals surface area contributed by atoms with Crippen molar-refractivity contribution in [3.05, 3.63) is 59.7 Å². The van der Waals surface area contributed by atoms with Crippen molar-refractivity contribution < 1.29 is 22.7 Å². The highest BCUT2D eigenvalue weighted by Gasteiger charge is 2.25. The summed E-state index contributed by atoms with van der Waals surface area (Å²) >= 11 is 0. The van der Waals surface area contributed by atoms with Crippen molar-refractivity contribution in [3.8, 4) is 5.75 Å². The van der Waals surface area contributed by atoms with E-state index in [2.05, 4.69) is 5.32 Å². The van der Waals surface area contributed by atoms with Crippen LogP contribution in [0.15, 0.2) is 53.4 Å². The number of hydrogen-bond acceptors (Lipinski definition) is 5. The molecule has 2 aromatic carbocycles. The minimum Gasteiger partial charge on any atom is -0.496 e. The van der Waals surface area contributed by atoms with Gasteiger partial charge in [0.25, 0.3) is 5.91 Å². The normalized spacial score (nSPS) is 11.3. The Hall–Kier alpha value is -2.91. The van der Waals surface area contributed by atoms with Crippen LogP contribution in [0.5, 0.6) is 5.75 Å². The third-order valence-electron chi connectivity index (χ3n) is 5.11. The maximum absolute atomic E-state index is 12.8. The second-order valence-corrected chi connectivity index (χ2v) is 8.97. The van der Waals surface area contributed by atoms with Crippen LogP contribution in [0.1, 0.15) is 36.7 Å². The van der Waals surface area contributed by atoms with E-state index >= 15 is 0 Å². The molecule has 0 saturated carbocycles. The molecule has 8 nitrogen and oxygen atoms in total. The van der Waals surface area contributed by atoms with Gasteiger partial charge in [0.2, 0.25) is 15.9 Å². The fraction of sp³-hybridized carbons (Fsp3) is 0.391. The first kappa shape index (κ1) is 25.4. The van der Waals surface area contributed by atoms with Gasteiger partial charge < -0.3 is 15.0 Å². The third kappa shape index (κ3) is 6.08. The Balaban J connectivity index is 2.17. The SMILES string of the molecule is CCN(Cc1ccccc1)C(=O)CNC(=O)c1cc(S(=O)(=O)N(CC)CC)ccc1OC. The number of carbonyl (C=O) groups excluding carboxylic acids is 2. The molecule has 174 valence electrons. The van der Waals surface area contributed by atoms with Gasteiger partial charge in [-0.15, -0.1) is 0 Å². The van der Waals surface area contributed by atoms with Crippen LogP contribution in [-0.2, 0) is 21.4 Å². The smallest absolute Gasteiger partial charge is 0.255 e. The Bertz CT molecular complexity index is 1020. The Morgan fingerprint density at radius 2 is 1.62 bits per heavy atom. The molecular formula is C23H31N3O5S. The number of sulfonamides is 1. The average Bonchev–Trinajstić information content (AvgIpc) is 2.81. The van der Waals surface area contributed by atoms with Crippen molar-refractivity contribution in [3.63, 3.8) is 0 Å². The van der Waals surface area contributed by atoms with Gasteiger partial charge in [-0.1, -0.05) is 44.2 Å². The molecule has 0 aliphatic carbocycles. The summed E-state index contributed by atoms with van der Waals surface area (Å²) in [5.41, 5.74) is 1.05. The molecule has 2 amide bonds. The van der Waals surface area contributed by atoms with E-state index in [1.165, 1.54) is 29.6 Å². The molecule has 1 N–H and O–H groups in total. The summed E-state index contributed by atoms with van der Waals surface area (Å²) in [6, 6.07) is 13.7. The van der Waals surface area contributed by atoms with Crippen LogP contribution in [0.3, 0.4) is 0 Å². The number of nitrogens with one attached hydrogen (secondary N) is 1. The zero-order chi connectivity index (χ0) is 23.7. The monoisotopic (exact) mass is 461 g/mol. The van der Waals surface area contributed by atoms with Crippen molar-refractivity contribution in [2.24, 2.45) is 0 Å². The quantitative estimate of drug-likeness (QED) is 0.555. The molecular weight excluding hydrogens is 430 g/mol. The molecule has 0 saturated heterocycles. The fourth-order valence-electron chi connectivity index (χ4n) is 3.28. The summed E-state index contributed by atoms with van der Waals surface area (Å²) in [5, 5.41) is 2.59. The Kier molecular flexibility index (Phi) is 9.22. The maximum atomic E-state index is 12.8. The lowest BCUT2D eigenvalue weighted by Crippen LogP contribution is -2.40. The molecule has 0 spiro atoms. The molecule has 9 heteroatoms. The van der Waals surface area contributed by atoms with Crippen molar-refractivity contribution in [1.29, 1.82) is 0 Å². The summed E-state index contributed by atoms with van der Waals surface area (Å²) < 4.78 is 32.2.